The van der Waals surface area contributed by atoms with Gasteiger partial charge in [-0.05, 0) is 57.2 Å². The maximum atomic E-state index is 5.57. The van der Waals surface area contributed by atoms with Crippen LogP contribution in [0.25, 0.3) is 0 Å². The van der Waals surface area contributed by atoms with E-state index in [2.05, 4.69) is 36.9 Å². The molecule has 2 unspecified atom stereocenters. The summed E-state index contributed by atoms with van der Waals surface area (Å²) in [5, 5.41) is 4.12. The van der Waals surface area contributed by atoms with Gasteiger partial charge in [0.1, 0.15) is 0 Å². The van der Waals surface area contributed by atoms with Crippen LogP contribution < -0.4 is 0 Å². The first-order valence-corrected chi connectivity index (χ1v) is 8.86. The average molecular weight is 290 g/mol. The van der Waals surface area contributed by atoms with Crippen molar-refractivity contribution in [3.8, 4) is 0 Å². The molecule has 0 aromatic rings. The number of oxime groups is 1. The van der Waals surface area contributed by atoms with Gasteiger partial charge in [-0.15, -0.1) is 0 Å². The zero-order chi connectivity index (χ0) is 14.8. The molecule has 4 aliphatic rings. The Hall–Kier alpha value is -0.830. The Bertz CT molecular complexity index is 417. The van der Waals surface area contributed by atoms with Crippen molar-refractivity contribution in [1.29, 1.82) is 0 Å². The molecule has 2 atom stereocenters. The molecule has 2 bridgehead atoms. The summed E-state index contributed by atoms with van der Waals surface area (Å²) < 4.78 is 0. The van der Waals surface area contributed by atoms with E-state index in [1.807, 2.05) is 0 Å². The van der Waals surface area contributed by atoms with E-state index in [0.717, 1.165) is 24.0 Å². The van der Waals surface area contributed by atoms with Crippen LogP contribution in [-0.4, -0.2) is 35.8 Å². The van der Waals surface area contributed by atoms with E-state index < -0.39 is 0 Å². The Balaban J connectivity index is 1.76. The number of nitrogens with zero attached hydrogens (tertiary/aromatic N) is 2. The van der Waals surface area contributed by atoms with Gasteiger partial charge in [-0.25, -0.2) is 0 Å². The Kier molecular flexibility index (Phi) is 4.68. The zero-order valence-corrected chi connectivity index (χ0v) is 13.8. The lowest BCUT2D eigenvalue weighted by molar-refractivity contribution is 0.0790. The first-order valence-electron chi connectivity index (χ1n) is 8.86. The predicted molar refractivity (Wildman–Crippen MR) is 87.5 cm³/mol. The van der Waals surface area contributed by atoms with Gasteiger partial charge in [0.25, 0.3) is 0 Å². The minimum Gasteiger partial charge on any atom is -0.388 e. The van der Waals surface area contributed by atoms with Crippen molar-refractivity contribution >= 4 is 5.71 Å². The van der Waals surface area contributed by atoms with Crippen LogP contribution in [0.2, 0.25) is 0 Å². The van der Waals surface area contributed by atoms with Gasteiger partial charge in [0, 0.05) is 12.5 Å². The second-order valence-electron chi connectivity index (χ2n) is 7.09. The molecule has 21 heavy (non-hydrogen) atoms. The van der Waals surface area contributed by atoms with Crippen LogP contribution in [0.15, 0.2) is 16.8 Å². The number of fused-ring (bicyclic) bond motifs is 3. The summed E-state index contributed by atoms with van der Waals surface area (Å²) in [6, 6.07) is 0.673. The monoisotopic (exact) mass is 290 g/mol. The second kappa shape index (κ2) is 6.51. The maximum absolute atomic E-state index is 5.57. The molecule has 3 nitrogen and oxygen atoms in total. The van der Waals surface area contributed by atoms with Crippen molar-refractivity contribution in [3.05, 3.63) is 11.6 Å². The largest absolute Gasteiger partial charge is 0.388 e. The third-order valence-electron chi connectivity index (χ3n) is 5.76. The van der Waals surface area contributed by atoms with Gasteiger partial charge in [0.15, 0.2) is 6.10 Å². The van der Waals surface area contributed by atoms with Crippen molar-refractivity contribution in [2.45, 2.75) is 71.4 Å². The molecule has 4 heterocycles. The minimum absolute atomic E-state index is 0.199. The Morgan fingerprint density at radius 3 is 2.57 bits per heavy atom. The molecule has 3 fully saturated rings. The highest BCUT2D eigenvalue weighted by Gasteiger charge is 2.39. The van der Waals surface area contributed by atoms with Gasteiger partial charge in [0.05, 0.1) is 5.71 Å². The first-order chi connectivity index (χ1) is 10.2. The van der Waals surface area contributed by atoms with Crippen LogP contribution in [0.3, 0.4) is 0 Å². The quantitative estimate of drug-likeness (QED) is 0.715. The third-order valence-corrected chi connectivity index (χ3v) is 5.76. The van der Waals surface area contributed by atoms with Crippen LogP contribution in [0.4, 0.5) is 0 Å². The highest BCUT2D eigenvalue weighted by molar-refractivity contribution is 5.83. The van der Waals surface area contributed by atoms with E-state index in [9.17, 15) is 0 Å². The van der Waals surface area contributed by atoms with Gasteiger partial charge >= 0.3 is 0 Å². The highest BCUT2D eigenvalue weighted by atomic mass is 16.6. The summed E-state index contributed by atoms with van der Waals surface area (Å²) in [4.78, 5) is 8.30. The third kappa shape index (κ3) is 3.18. The van der Waals surface area contributed by atoms with Gasteiger partial charge in [-0.1, -0.05) is 37.4 Å². The lowest BCUT2D eigenvalue weighted by Crippen LogP contribution is -2.51. The molecule has 0 amide bonds. The molecule has 4 rings (SSSR count). The Labute approximate surface area is 129 Å². The van der Waals surface area contributed by atoms with E-state index in [1.54, 1.807) is 5.57 Å². The lowest BCUT2D eigenvalue weighted by Gasteiger charge is -2.48. The Morgan fingerprint density at radius 1 is 1.29 bits per heavy atom. The molecule has 0 aromatic heterocycles. The molecular weight excluding hydrogens is 260 g/mol. The highest BCUT2D eigenvalue weighted by Crippen LogP contribution is 2.40. The predicted octanol–water partition coefficient (Wildman–Crippen LogP) is 4.00. The molecule has 0 aliphatic carbocycles. The molecule has 0 N–H and O–H groups in total. The summed E-state index contributed by atoms with van der Waals surface area (Å²) >= 11 is 0. The summed E-state index contributed by atoms with van der Waals surface area (Å²) in [6.07, 6.45) is 10.3. The van der Waals surface area contributed by atoms with E-state index in [-0.39, 0.29) is 6.10 Å². The molecule has 4 aliphatic heterocycles. The van der Waals surface area contributed by atoms with Crippen LogP contribution in [0.5, 0.6) is 0 Å². The first kappa shape index (κ1) is 15.1. The van der Waals surface area contributed by atoms with Crippen molar-refractivity contribution in [2.75, 3.05) is 13.1 Å². The number of hydrogen-bond acceptors (Lipinski definition) is 3. The average Bonchev–Trinajstić information content (AvgIpc) is 2.92. The number of piperidine rings is 3. The molecule has 0 saturated carbocycles. The normalized spacial score (nSPS) is 37.1. The SMILES string of the molecule is CCC(CC)CC1/C(=C\C2CC(C)=NO2)C2CCN1CC2. The second-order valence-corrected chi connectivity index (χ2v) is 7.09. The van der Waals surface area contributed by atoms with Gasteiger partial charge < -0.3 is 4.84 Å². The van der Waals surface area contributed by atoms with Crippen LogP contribution in [-0.2, 0) is 4.84 Å². The summed E-state index contributed by atoms with van der Waals surface area (Å²) in [7, 11) is 0. The van der Waals surface area contributed by atoms with Gasteiger partial charge in [0.2, 0.25) is 0 Å². The Morgan fingerprint density at radius 2 is 2.00 bits per heavy atom. The van der Waals surface area contributed by atoms with Gasteiger partial charge in [-0.2, -0.15) is 0 Å². The van der Waals surface area contributed by atoms with E-state index >= 15 is 0 Å². The number of hydrogen-bond donors (Lipinski definition) is 0. The van der Waals surface area contributed by atoms with E-state index in [0.29, 0.717) is 6.04 Å². The van der Waals surface area contributed by atoms with Crippen LogP contribution >= 0.6 is 0 Å². The number of rotatable bonds is 5. The zero-order valence-electron chi connectivity index (χ0n) is 13.8. The minimum atomic E-state index is 0.199. The van der Waals surface area contributed by atoms with Crippen LogP contribution in [0.1, 0.15) is 59.3 Å². The fraction of sp³-hybridized carbons (Fsp3) is 0.833. The van der Waals surface area contributed by atoms with Gasteiger partial charge in [-0.3, -0.25) is 4.90 Å². The molecule has 0 radical (unpaired) electrons. The van der Waals surface area contributed by atoms with Crippen molar-refractivity contribution in [3.63, 3.8) is 0 Å². The van der Waals surface area contributed by atoms with Crippen LogP contribution in [0, 0.1) is 11.8 Å². The van der Waals surface area contributed by atoms with Crippen molar-refractivity contribution in [2.24, 2.45) is 17.0 Å². The lowest BCUT2D eigenvalue weighted by atomic mass is 9.74. The summed E-state index contributed by atoms with van der Waals surface area (Å²) in [5.74, 6) is 1.67. The summed E-state index contributed by atoms with van der Waals surface area (Å²) in [6.45, 7) is 9.34. The molecule has 3 heteroatoms. The van der Waals surface area contributed by atoms with Crippen molar-refractivity contribution in [1.82, 2.24) is 4.90 Å². The molecule has 0 spiro atoms. The topological polar surface area (TPSA) is 24.8 Å². The fourth-order valence-corrected chi connectivity index (χ4v) is 4.32. The fourth-order valence-electron chi connectivity index (χ4n) is 4.32. The molecular formula is C18H30N2O. The maximum Gasteiger partial charge on any atom is 0.151 e. The standard InChI is InChI=1S/C18H30N2O/c1-4-14(5-2)11-18-17(12-16-10-13(3)19-21-16)15-6-8-20(18)9-7-15/h12,14-16,18H,4-11H2,1-3H3/b17-12-. The van der Waals surface area contributed by atoms with Crippen molar-refractivity contribution < 1.29 is 4.84 Å². The summed E-state index contributed by atoms with van der Waals surface area (Å²) in [5.41, 5.74) is 2.81. The van der Waals surface area contributed by atoms with E-state index in [4.69, 9.17) is 4.84 Å². The molecule has 3 saturated heterocycles. The van der Waals surface area contributed by atoms with E-state index in [1.165, 1.54) is 45.2 Å². The molecule has 118 valence electrons. The molecule has 0 aromatic carbocycles. The smallest absolute Gasteiger partial charge is 0.151 e.